The number of nitrogens with zero attached hydrogens (tertiary/aromatic N) is 2. The molecule has 1 N–H and O–H groups in total. The van der Waals surface area contributed by atoms with Crippen LogP contribution in [0.25, 0.3) is 32.2 Å². The number of aliphatic carboxylic acids is 1. The summed E-state index contributed by atoms with van der Waals surface area (Å²) in [4.78, 5) is 22.4. The van der Waals surface area contributed by atoms with Crippen molar-refractivity contribution in [3.63, 3.8) is 0 Å². The Morgan fingerprint density at radius 1 is 1.26 bits per heavy atom. The normalized spacial score (nSPS) is 16.5. The Labute approximate surface area is 207 Å². The number of hydrogen-bond acceptors (Lipinski definition) is 6. The summed E-state index contributed by atoms with van der Waals surface area (Å²) in [5.41, 5.74) is 5.59. The molecule has 0 amide bonds. The lowest BCUT2D eigenvalue weighted by atomic mass is 9.89. The first-order valence-corrected chi connectivity index (χ1v) is 12.9. The van der Waals surface area contributed by atoms with Crippen LogP contribution in [-0.2, 0) is 16.0 Å². The fourth-order valence-corrected chi connectivity index (χ4v) is 6.32. The van der Waals surface area contributed by atoms with E-state index in [0.29, 0.717) is 18.1 Å². The van der Waals surface area contributed by atoms with Gasteiger partial charge in [0.15, 0.2) is 6.10 Å². The molecule has 180 valence electrons. The molecule has 1 unspecified atom stereocenters. The van der Waals surface area contributed by atoms with Crippen molar-refractivity contribution in [2.45, 2.75) is 64.6 Å². The molecule has 1 saturated carbocycles. The molecule has 2 aromatic heterocycles. The second-order valence-electron chi connectivity index (χ2n) is 10.5. The number of fused-ring (bicyclic) bond motifs is 1. The van der Waals surface area contributed by atoms with Crippen molar-refractivity contribution >= 4 is 38.4 Å². The minimum absolute atomic E-state index is 0.507. The third-order valence-electron chi connectivity index (χ3n) is 6.67. The molecule has 0 saturated heterocycles. The van der Waals surface area contributed by atoms with Crippen molar-refractivity contribution in [1.29, 1.82) is 0 Å². The van der Waals surface area contributed by atoms with E-state index in [-0.39, 0.29) is 0 Å². The number of rotatable bonds is 5. The van der Waals surface area contributed by atoms with Gasteiger partial charge in [0, 0.05) is 40.6 Å². The van der Waals surface area contributed by atoms with E-state index < -0.39 is 17.7 Å². The number of thiazole rings is 1. The molecule has 0 radical (unpaired) electrons. The zero-order valence-corrected chi connectivity index (χ0v) is 21.2. The number of carbonyl (C=O) groups is 1. The zero-order valence-electron chi connectivity index (χ0n) is 20.3. The molecular formula is C28H28N2O4S. The molecule has 1 atom stereocenters. The predicted molar refractivity (Wildman–Crippen MR) is 137 cm³/mol. The van der Waals surface area contributed by atoms with Crippen LogP contribution >= 0.6 is 11.3 Å². The topological polar surface area (TPSA) is 81.5 Å². The maximum absolute atomic E-state index is 12.6. The van der Waals surface area contributed by atoms with Gasteiger partial charge in [0.1, 0.15) is 5.75 Å². The summed E-state index contributed by atoms with van der Waals surface area (Å²) in [6.07, 6.45) is 3.86. The van der Waals surface area contributed by atoms with Crippen LogP contribution in [-0.4, -0.2) is 33.3 Å². The lowest BCUT2D eigenvalue weighted by Crippen LogP contribution is -2.28. The minimum atomic E-state index is -1.12. The molecule has 1 aliphatic carbocycles. The van der Waals surface area contributed by atoms with Gasteiger partial charge in [0.05, 0.1) is 32.9 Å². The second kappa shape index (κ2) is 8.00. The SMILES string of the molecule is Cc1cc2nc(C3CC3)sc2c(-c2ccc3c4c(ccnc24)CCO3)c1C(OC(C)(C)C)C(=O)O. The summed E-state index contributed by atoms with van der Waals surface area (Å²) < 4.78 is 13.1. The van der Waals surface area contributed by atoms with Crippen LogP contribution in [0.1, 0.15) is 67.3 Å². The monoisotopic (exact) mass is 488 g/mol. The van der Waals surface area contributed by atoms with E-state index in [0.717, 1.165) is 67.8 Å². The Hall–Kier alpha value is -3.03. The Morgan fingerprint density at radius 2 is 2.06 bits per heavy atom. The highest BCUT2D eigenvalue weighted by Gasteiger charge is 2.34. The van der Waals surface area contributed by atoms with E-state index in [1.807, 2.05) is 58.2 Å². The van der Waals surface area contributed by atoms with E-state index in [2.05, 4.69) is 0 Å². The Bertz CT molecular complexity index is 1490. The van der Waals surface area contributed by atoms with Gasteiger partial charge in [0.25, 0.3) is 0 Å². The fourth-order valence-electron chi connectivity index (χ4n) is 5.03. The molecule has 6 nitrogen and oxygen atoms in total. The summed E-state index contributed by atoms with van der Waals surface area (Å²) in [5.74, 6) is 0.328. The molecule has 0 spiro atoms. The largest absolute Gasteiger partial charge is 0.493 e. The first-order chi connectivity index (χ1) is 16.7. The average molecular weight is 489 g/mol. The third kappa shape index (κ3) is 3.87. The molecule has 4 aromatic rings. The number of ether oxygens (including phenoxy) is 2. The van der Waals surface area contributed by atoms with E-state index in [9.17, 15) is 9.90 Å². The standard InChI is InChI=1S/C28H28N2O4S/c1-14-13-18-25(35-26(30-18)16-5-6-16)22(20(14)24(27(31)32)34-28(2,3)4)17-7-8-19-21-15(10-12-33-19)9-11-29-23(17)21/h7-9,11,13,16,24H,5-6,10,12H2,1-4H3,(H,31,32). The summed E-state index contributed by atoms with van der Waals surface area (Å²) in [6, 6.07) is 8.07. The summed E-state index contributed by atoms with van der Waals surface area (Å²) in [7, 11) is 0. The van der Waals surface area contributed by atoms with Crippen molar-refractivity contribution in [1.82, 2.24) is 9.97 Å². The molecule has 3 heterocycles. The number of carboxylic acids is 1. The predicted octanol–water partition coefficient (Wildman–Crippen LogP) is 6.57. The molecule has 6 rings (SSSR count). The average Bonchev–Trinajstić information content (AvgIpc) is 3.57. The smallest absolute Gasteiger partial charge is 0.337 e. The second-order valence-corrected chi connectivity index (χ2v) is 11.5. The van der Waals surface area contributed by atoms with Gasteiger partial charge in [-0.05, 0) is 75.9 Å². The molecular weight excluding hydrogens is 460 g/mol. The van der Waals surface area contributed by atoms with Crippen molar-refractivity contribution in [2.75, 3.05) is 6.61 Å². The third-order valence-corrected chi connectivity index (χ3v) is 7.92. The molecule has 1 aliphatic heterocycles. The molecule has 1 fully saturated rings. The van der Waals surface area contributed by atoms with Gasteiger partial charge in [-0.25, -0.2) is 9.78 Å². The first-order valence-electron chi connectivity index (χ1n) is 12.1. The van der Waals surface area contributed by atoms with Crippen LogP contribution < -0.4 is 4.74 Å². The van der Waals surface area contributed by atoms with Gasteiger partial charge < -0.3 is 14.6 Å². The number of pyridine rings is 1. The first kappa shape index (κ1) is 22.4. The summed E-state index contributed by atoms with van der Waals surface area (Å²) in [5, 5.41) is 12.5. The maximum atomic E-state index is 12.6. The van der Waals surface area contributed by atoms with E-state index in [1.165, 1.54) is 5.56 Å². The highest BCUT2D eigenvalue weighted by molar-refractivity contribution is 7.19. The van der Waals surface area contributed by atoms with Crippen LogP contribution in [0, 0.1) is 6.92 Å². The summed E-state index contributed by atoms with van der Waals surface area (Å²) >= 11 is 1.68. The number of hydrogen-bond donors (Lipinski definition) is 1. The van der Waals surface area contributed by atoms with Crippen LogP contribution in [0.2, 0.25) is 0 Å². The highest BCUT2D eigenvalue weighted by atomic mass is 32.1. The Kier molecular flexibility index (Phi) is 5.13. The highest BCUT2D eigenvalue weighted by Crippen LogP contribution is 2.49. The Morgan fingerprint density at radius 3 is 2.77 bits per heavy atom. The minimum Gasteiger partial charge on any atom is -0.493 e. The molecule has 35 heavy (non-hydrogen) atoms. The number of aryl methyl sites for hydroxylation is 1. The molecule has 2 aromatic carbocycles. The van der Waals surface area contributed by atoms with Crippen LogP contribution in [0.5, 0.6) is 5.75 Å². The quantitative estimate of drug-likeness (QED) is 0.342. The molecule has 2 aliphatic rings. The molecule has 7 heteroatoms. The van der Waals surface area contributed by atoms with Crippen molar-refractivity contribution in [2.24, 2.45) is 0 Å². The lowest BCUT2D eigenvalue weighted by molar-refractivity contribution is -0.160. The van der Waals surface area contributed by atoms with Crippen molar-refractivity contribution in [3.05, 3.63) is 52.2 Å². The van der Waals surface area contributed by atoms with Gasteiger partial charge in [-0.2, -0.15) is 0 Å². The van der Waals surface area contributed by atoms with Crippen LogP contribution in [0.15, 0.2) is 30.5 Å². The molecule has 0 bridgehead atoms. The summed E-state index contributed by atoms with van der Waals surface area (Å²) in [6.45, 7) is 8.25. The lowest BCUT2D eigenvalue weighted by Gasteiger charge is -2.28. The van der Waals surface area contributed by atoms with Crippen molar-refractivity contribution in [3.8, 4) is 16.9 Å². The Balaban J connectivity index is 1.71. The number of benzene rings is 2. The maximum Gasteiger partial charge on any atom is 0.337 e. The van der Waals surface area contributed by atoms with Crippen molar-refractivity contribution < 1.29 is 19.4 Å². The number of carboxylic acid groups (broad SMARTS) is 1. The van der Waals surface area contributed by atoms with Gasteiger partial charge in [-0.1, -0.05) is 0 Å². The number of aromatic nitrogens is 2. The van der Waals surface area contributed by atoms with Gasteiger partial charge >= 0.3 is 5.97 Å². The van der Waals surface area contributed by atoms with Gasteiger partial charge in [0.2, 0.25) is 0 Å². The zero-order chi connectivity index (χ0) is 24.5. The van der Waals surface area contributed by atoms with E-state index in [1.54, 1.807) is 11.3 Å². The van der Waals surface area contributed by atoms with E-state index >= 15 is 0 Å². The van der Waals surface area contributed by atoms with Gasteiger partial charge in [-0.3, -0.25) is 4.98 Å². The van der Waals surface area contributed by atoms with Crippen LogP contribution in [0.3, 0.4) is 0 Å². The van der Waals surface area contributed by atoms with E-state index in [4.69, 9.17) is 19.4 Å². The van der Waals surface area contributed by atoms with Crippen LogP contribution in [0.4, 0.5) is 0 Å². The van der Waals surface area contributed by atoms with Gasteiger partial charge in [-0.15, -0.1) is 11.3 Å². The fraction of sp³-hybridized carbons (Fsp3) is 0.393.